The zero-order valence-corrected chi connectivity index (χ0v) is 15.4. The van der Waals surface area contributed by atoms with Gasteiger partial charge >= 0.3 is 0 Å². The van der Waals surface area contributed by atoms with E-state index < -0.39 is 0 Å². The normalized spacial score (nSPS) is 17.1. The summed E-state index contributed by atoms with van der Waals surface area (Å²) in [7, 11) is 0. The SMILES string of the molecule is O[C@@H](c1ccccc1)C1CCN(Cc2nc(Cc3ccccc3)no2)CC1. The van der Waals surface area contributed by atoms with E-state index >= 15 is 0 Å². The number of aliphatic hydroxyl groups is 1. The second-order valence-corrected chi connectivity index (χ2v) is 7.24. The summed E-state index contributed by atoms with van der Waals surface area (Å²) in [6.07, 6.45) is 2.26. The van der Waals surface area contributed by atoms with Crippen LogP contribution in [0.4, 0.5) is 0 Å². The summed E-state index contributed by atoms with van der Waals surface area (Å²) in [5.74, 6) is 1.70. The molecule has 0 aliphatic carbocycles. The van der Waals surface area contributed by atoms with Crippen molar-refractivity contribution < 1.29 is 9.63 Å². The van der Waals surface area contributed by atoms with Gasteiger partial charge in [-0.05, 0) is 43.0 Å². The second-order valence-electron chi connectivity index (χ2n) is 7.24. The van der Waals surface area contributed by atoms with Gasteiger partial charge < -0.3 is 9.63 Å². The molecule has 0 radical (unpaired) electrons. The van der Waals surface area contributed by atoms with Gasteiger partial charge in [0.05, 0.1) is 12.6 Å². The van der Waals surface area contributed by atoms with Gasteiger partial charge in [-0.3, -0.25) is 4.90 Å². The van der Waals surface area contributed by atoms with Crippen LogP contribution in [0.1, 0.15) is 41.8 Å². The Labute approximate surface area is 159 Å². The van der Waals surface area contributed by atoms with Gasteiger partial charge in [0.15, 0.2) is 5.82 Å². The first-order chi connectivity index (χ1) is 13.3. The van der Waals surface area contributed by atoms with E-state index in [0.29, 0.717) is 24.8 Å². The van der Waals surface area contributed by atoms with Crippen LogP contribution in [-0.2, 0) is 13.0 Å². The highest BCUT2D eigenvalue weighted by molar-refractivity contribution is 5.19. The zero-order chi connectivity index (χ0) is 18.5. The number of benzene rings is 2. The zero-order valence-electron chi connectivity index (χ0n) is 15.4. The highest BCUT2D eigenvalue weighted by Gasteiger charge is 2.27. The average molecular weight is 363 g/mol. The van der Waals surface area contributed by atoms with Crippen molar-refractivity contribution in [3.8, 4) is 0 Å². The summed E-state index contributed by atoms with van der Waals surface area (Å²) in [4.78, 5) is 6.86. The molecule has 0 saturated carbocycles. The Bertz CT molecular complexity index is 827. The van der Waals surface area contributed by atoms with E-state index in [0.717, 1.165) is 37.3 Å². The molecule has 5 heteroatoms. The van der Waals surface area contributed by atoms with Crippen LogP contribution in [0, 0.1) is 5.92 Å². The van der Waals surface area contributed by atoms with Gasteiger partial charge in [-0.15, -0.1) is 0 Å². The standard InChI is InChI=1S/C22H25N3O2/c26-22(18-9-5-2-6-10-18)19-11-13-25(14-12-19)16-21-23-20(24-27-21)15-17-7-3-1-4-8-17/h1-10,19,22,26H,11-16H2/t22-/m0/s1. The molecule has 0 unspecified atom stereocenters. The van der Waals surface area contributed by atoms with E-state index in [4.69, 9.17) is 4.52 Å². The lowest BCUT2D eigenvalue weighted by Crippen LogP contribution is -2.35. The molecule has 0 bridgehead atoms. The molecular weight excluding hydrogens is 338 g/mol. The van der Waals surface area contributed by atoms with Crippen molar-refractivity contribution in [2.24, 2.45) is 5.92 Å². The first-order valence-electron chi connectivity index (χ1n) is 9.58. The largest absolute Gasteiger partial charge is 0.388 e. The van der Waals surface area contributed by atoms with E-state index in [-0.39, 0.29) is 6.10 Å². The van der Waals surface area contributed by atoms with Crippen molar-refractivity contribution >= 4 is 0 Å². The lowest BCUT2D eigenvalue weighted by molar-refractivity contribution is 0.0538. The molecule has 27 heavy (non-hydrogen) atoms. The molecule has 2 heterocycles. The van der Waals surface area contributed by atoms with Crippen molar-refractivity contribution in [3.05, 3.63) is 83.5 Å². The Morgan fingerprint density at radius 1 is 1.00 bits per heavy atom. The van der Waals surface area contributed by atoms with Crippen LogP contribution in [0.3, 0.4) is 0 Å². The smallest absolute Gasteiger partial charge is 0.240 e. The van der Waals surface area contributed by atoms with Gasteiger partial charge in [0, 0.05) is 6.42 Å². The van der Waals surface area contributed by atoms with Gasteiger partial charge in [-0.1, -0.05) is 65.8 Å². The number of hydrogen-bond acceptors (Lipinski definition) is 5. The van der Waals surface area contributed by atoms with Crippen molar-refractivity contribution in [2.45, 2.75) is 31.9 Å². The summed E-state index contributed by atoms with van der Waals surface area (Å²) in [5, 5.41) is 14.7. The third-order valence-corrected chi connectivity index (χ3v) is 5.29. The van der Waals surface area contributed by atoms with Crippen molar-refractivity contribution in [3.63, 3.8) is 0 Å². The third kappa shape index (κ3) is 4.62. The molecule has 1 aliphatic rings. The van der Waals surface area contributed by atoms with Crippen molar-refractivity contribution in [1.29, 1.82) is 0 Å². The predicted molar refractivity (Wildman–Crippen MR) is 103 cm³/mol. The molecule has 3 aromatic rings. The molecular formula is C22H25N3O2. The quantitative estimate of drug-likeness (QED) is 0.725. The Kier molecular flexibility index (Phi) is 5.61. The molecule has 140 valence electrons. The van der Waals surface area contributed by atoms with Crippen LogP contribution in [0.5, 0.6) is 0 Å². The fourth-order valence-electron chi connectivity index (χ4n) is 3.75. The first kappa shape index (κ1) is 17.9. The maximum absolute atomic E-state index is 10.6. The molecule has 0 spiro atoms. The maximum atomic E-state index is 10.6. The highest BCUT2D eigenvalue weighted by Crippen LogP contribution is 2.30. The average Bonchev–Trinajstić information content (AvgIpc) is 3.16. The number of piperidine rings is 1. The number of rotatable bonds is 6. The second kappa shape index (κ2) is 8.46. The minimum absolute atomic E-state index is 0.306. The Morgan fingerprint density at radius 2 is 1.67 bits per heavy atom. The molecule has 1 fully saturated rings. The van der Waals surface area contributed by atoms with Crippen LogP contribution in [0.2, 0.25) is 0 Å². The number of aliphatic hydroxyl groups excluding tert-OH is 1. The molecule has 1 N–H and O–H groups in total. The molecule has 1 aliphatic heterocycles. The monoisotopic (exact) mass is 363 g/mol. The van der Waals surface area contributed by atoms with Gasteiger partial charge in [-0.25, -0.2) is 0 Å². The van der Waals surface area contributed by atoms with E-state index in [9.17, 15) is 5.11 Å². The van der Waals surface area contributed by atoms with Crippen molar-refractivity contribution in [2.75, 3.05) is 13.1 Å². The van der Waals surface area contributed by atoms with E-state index in [1.807, 2.05) is 48.5 Å². The number of aromatic nitrogens is 2. The van der Waals surface area contributed by atoms with Crippen molar-refractivity contribution in [1.82, 2.24) is 15.0 Å². The van der Waals surface area contributed by atoms with Crippen LogP contribution < -0.4 is 0 Å². The molecule has 2 aromatic carbocycles. The number of likely N-dealkylation sites (tertiary alicyclic amines) is 1. The van der Waals surface area contributed by atoms with E-state index in [1.54, 1.807) is 0 Å². The minimum Gasteiger partial charge on any atom is -0.388 e. The fraction of sp³-hybridized carbons (Fsp3) is 0.364. The third-order valence-electron chi connectivity index (χ3n) is 5.29. The summed E-state index contributed by atoms with van der Waals surface area (Å²) < 4.78 is 5.43. The molecule has 1 atom stereocenters. The van der Waals surface area contributed by atoms with Gasteiger partial charge in [-0.2, -0.15) is 4.98 Å². The molecule has 0 amide bonds. The van der Waals surface area contributed by atoms with E-state index in [2.05, 4.69) is 27.2 Å². The van der Waals surface area contributed by atoms with E-state index in [1.165, 1.54) is 5.56 Å². The summed E-state index contributed by atoms with van der Waals surface area (Å²) in [5.41, 5.74) is 2.19. The summed E-state index contributed by atoms with van der Waals surface area (Å²) in [6, 6.07) is 20.1. The van der Waals surface area contributed by atoms with Crippen LogP contribution in [0.25, 0.3) is 0 Å². The molecule has 4 rings (SSSR count). The predicted octanol–water partition coefficient (Wildman–Crippen LogP) is 3.61. The summed E-state index contributed by atoms with van der Waals surface area (Å²) in [6.45, 7) is 2.55. The maximum Gasteiger partial charge on any atom is 0.240 e. The topological polar surface area (TPSA) is 62.4 Å². The Morgan fingerprint density at radius 3 is 2.37 bits per heavy atom. The van der Waals surface area contributed by atoms with Crippen LogP contribution >= 0.6 is 0 Å². The molecule has 5 nitrogen and oxygen atoms in total. The van der Waals surface area contributed by atoms with Gasteiger partial charge in [0.25, 0.3) is 0 Å². The lowest BCUT2D eigenvalue weighted by atomic mass is 9.87. The fourth-order valence-corrected chi connectivity index (χ4v) is 3.75. The summed E-state index contributed by atoms with van der Waals surface area (Å²) >= 11 is 0. The van der Waals surface area contributed by atoms with Crippen LogP contribution in [-0.4, -0.2) is 33.2 Å². The number of nitrogens with zero attached hydrogens (tertiary/aromatic N) is 3. The van der Waals surface area contributed by atoms with Gasteiger partial charge in [0.1, 0.15) is 0 Å². The Balaban J connectivity index is 1.28. The first-order valence-corrected chi connectivity index (χ1v) is 9.58. The molecule has 1 saturated heterocycles. The number of hydrogen-bond donors (Lipinski definition) is 1. The van der Waals surface area contributed by atoms with Gasteiger partial charge in [0.2, 0.25) is 5.89 Å². The lowest BCUT2D eigenvalue weighted by Gasteiger charge is -2.33. The Hall–Kier alpha value is -2.50. The molecule has 1 aromatic heterocycles. The highest BCUT2D eigenvalue weighted by atomic mass is 16.5. The minimum atomic E-state index is -0.380. The van der Waals surface area contributed by atoms with Crippen LogP contribution in [0.15, 0.2) is 65.2 Å².